The number of aromatic nitrogens is 5. The third-order valence-corrected chi connectivity index (χ3v) is 12.4. The van der Waals surface area contributed by atoms with Crippen LogP contribution in [0.15, 0.2) is 24.7 Å². The maximum absolute atomic E-state index is 12.7. The van der Waals surface area contributed by atoms with Crippen molar-refractivity contribution in [3.63, 3.8) is 0 Å². The fourth-order valence-corrected chi connectivity index (χ4v) is 10.6. The van der Waals surface area contributed by atoms with Crippen LogP contribution >= 0.6 is 0 Å². The van der Waals surface area contributed by atoms with Crippen molar-refractivity contribution >= 4 is 26.5 Å². The van der Waals surface area contributed by atoms with Crippen molar-refractivity contribution in [3.8, 4) is 11.3 Å². The minimum Gasteiger partial charge on any atom is -0.353 e. The van der Waals surface area contributed by atoms with E-state index in [-0.39, 0.29) is 10.7 Å². The third kappa shape index (κ3) is 3.43. The molecule has 38 heavy (non-hydrogen) atoms. The van der Waals surface area contributed by atoms with Gasteiger partial charge in [-0.2, -0.15) is 5.10 Å². The minimum atomic E-state index is -2.93. The Kier molecular flexibility index (Phi) is 5.34. The number of hydrogen-bond donors (Lipinski definition) is 2. The number of sulfone groups is 1. The van der Waals surface area contributed by atoms with E-state index >= 15 is 0 Å². The summed E-state index contributed by atoms with van der Waals surface area (Å²) in [6.07, 6.45) is 7.64. The number of H-pyrrole nitrogens is 1. The first-order valence-electron chi connectivity index (χ1n) is 13.9. The second-order valence-electron chi connectivity index (χ2n) is 12.3. The van der Waals surface area contributed by atoms with Gasteiger partial charge in [0.2, 0.25) is 0 Å². The molecule has 4 aromatic heterocycles. The minimum absolute atomic E-state index is 0.0208. The smallest absolute Gasteiger partial charge is 0.158 e. The lowest BCUT2D eigenvalue weighted by Crippen LogP contribution is -2.74. The summed E-state index contributed by atoms with van der Waals surface area (Å²) < 4.78 is 27.2. The van der Waals surface area contributed by atoms with E-state index in [1.807, 2.05) is 4.52 Å². The highest BCUT2D eigenvalue weighted by atomic mass is 32.2. The maximum Gasteiger partial charge on any atom is 0.158 e. The number of fused-ring (bicyclic) bond motifs is 2. The largest absolute Gasteiger partial charge is 0.353 e. The van der Waals surface area contributed by atoms with Gasteiger partial charge in [-0.3, -0.25) is 4.98 Å². The summed E-state index contributed by atoms with van der Waals surface area (Å²) in [4.78, 5) is 13.4. The van der Waals surface area contributed by atoms with Gasteiger partial charge in [-0.15, -0.1) is 0 Å². The summed E-state index contributed by atoms with van der Waals surface area (Å²) in [6, 6.07) is 4.36. The second-order valence-corrected chi connectivity index (χ2v) is 14.4. The molecule has 200 valence electrons. The molecule has 3 fully saturated rings. The molecule has 0 bridgehead atoms. The van der Waals surface area contributed by atoms with Crippen LogP contribution in [0.2, 0.25) is 0 Å². The van der Waals surface area contributed by atoms with E-state index in [2.05, 4.69) is 66.4 Å². The van der Waals surface area contributed by atoms with Crippen molar-refractivity contribution in [1.29, 1.82) is 0 Å². The summed E-state index contributed by atoms with van der Waals surface area (Å²) in [5, 5.41) is 7.58. The highest BCUT2D eigenvalue weighted by Crippen LogP contribution is 2.52. The van der Waals surface area contributed by atoms with Crippen molar-refractivity contribution < 1.29 is 8.42 Å². The topological polar surface area (TPSA) is 105 Å². The standard InChI is InChI=1S/C29H36N6O2S/c1-16(2)24-25(21-11-35-28(31-15-32-35)18(4)17(21)3)34-23-10-9-22(33-26(23)24)19-5-7-20(8-6-19)27-29(12-30-13-29)14-38(27,36)37/h9-11,15-16,19-20,27,30,34H,5-8,12-14H2,1-4H3/t19?,20?,27-/m1/s1. The fraction of sp³-hybridized carbons (Fsp3) is 0.552. The molecule has 0 radical (unpaired) electrons. The molecule has 6 heterocycles. The van der Waals surface area contributed by atoms with Crippen LogP contribution in [-0.2, 0) is 9.84 Å². The van der Waals surface area contributed by atoms with Gasteiger partial charge >= 0.3 is 0 Å². The molecule has 8 nitrogen and oxygen atoms in total. The molecule has 4 aromatic rings. The molecular formula is C29H36N6O2S. The van der Waals surface area contributed by atoms with Gasteiger partial charge in [-0.1, -0.05) is 13.8 Å². The molecule has 1 spiro atoms. The molecule has 0 aromatic carbocycles. The van der Waals surface area contributed by atoms with Gasteiger partial charge in [0, 0.05) is 47.4 Å². The lowest BCUT2D eigenvalue weighted by molar-refractivity contribution is 0.109. The number of aryl methyl sites for hydroxylation is 1. The summed E-state index contributed by atoms with van der Waals surface area (Å²) >= 11 is 0. The Hall–Kier alpha value is -2.78. The van der Waals surface area contributed by atoms with Gasteiger partial charge in [0.05, 0.1) is 27.7 Å². The van der Waals surface area contributed by atoms with Crippen LogP contribution in [0, 0.1) is 25.2 Å². The first kappa shape index (κ1) is 24.3. The molecular weight excluding hydrogens is 496 g/mol. The molecule has 9 heteroatoms. The predicted octanol–water partition coefficient (Wildman–Crippen LogP) is 4.67. The summed E-state index contributed by atoms with van der Waals surface area (Å²) in [5.74, 6) is 1.34. The molecule has 1 atom stereocenters. The molecule has 1 aliphatic carbocycles. The molecule has 2 saturated heterocycles. The highest BCUT2D eigenvalue weighted by Gasteiger charge is 2.63. The van der Waals surface area contributed by atoms with Crippen LogP contribution in [0.1, 0.15) is 73.8 Å². The number of rotatable bonds is 4. The Morgan fingerprint density at radius 1 is 1.08 bits per heavy atom. The van der Waals surface area contributed by atoms with Gasteiger partial charge in [0.1, 0.15) is 6.33 Å². The van der Waals surface area contributed by atoms with Gasteiger partial charge in [-0.25, -0.2) is 17.9 Å². The van der Waals surface area contributed by atoms with E-state index in [0.717, 1.165) is 78.0 Å². The highest BCUT2D eigenvalue weighted by molar-refractivity contribution is 7.93. The maximum atomic E-state index is 12.7. The average Bonchev–Trinajstić information content (AvgIpc) is 3.48. The lowest BCUT2D eigenvalue weighted by atomic mass is 9.68. The Bertz CT molecular complexity index is 1670. The quantitative estimate of drug-likeness (QED) is 0.396. The van der Waals surface area contributed by atoms with Crippen LogP contribution in [0.4, 0.5) is 0 Å². The van der Waals surface area contributed by atoms with Crippen molar-refractivity contribution in [2.45, 2.75) is 70.5 Å². The molecule has 3 aliphatic rings. The first-order chi connectivity index (χ1) is 18.2. The number of nitrogens with zero attached hydrogens (tertiary/aromatic N) is 4. The molecule has 0 amide bonds. The van der Waals surface area contributed by atoms with Gasteiger partial charge in [0.15, 0.2) is 15.5 Å². The summed E-state index contributed by atoms with van der Waals surface area (Å²) in [5.41, 5.74) is 9.95. The van der Waals surface area contributed by atoms with Crippen LogP contribution in [0.5, 0.6) is 0 Å². The zero-order chi connectivity index (χ0) is 26.4. The summed E-state index contributed by atoms with van der Waals surface area (Å²) in [6.45, 7) is 10.4. The summed E-state index contributed by atoms with van der Waals surface area (Å²) in [7, 11) is -2.93. The lowest BCUT2D eigenvalue weighted by Gasteiger charge is -2.58. The number of nitrogens with one attached hydrogen (secondary N) is 2. The SMILES string of the molecule is Cc1c(-c2[nH]c3ccc(C4CCC([C@@H]5C6(CNC6)CS5(=O)=O)CC4)nc3c2C(C)C)cn2ncnc2c1C. The van der Waals surface area contributed by atoms with Gasteiger partial charge in [0.25, 0.3) is 0 Å². The van der Waals surface area contributed by atoms with E-state index < -0.39 is 9.84 Å². The van der Waals surface area contributed by atoms with E-state index in [4.69, 9.17) is 4.98 Å². The number of aromatic amines is 1. The first-order valence-corrected chi connectivity index (χ1v) is 15.6. The Morgan fingerprint density at radius 2 is 1.84 bits per heavy atom. The van der Waals surface area contributed by atoms with Crippen molar-refractivity contribution in [2.75, 3.05) is 18.8 Å². The molecule has 2 aliphatic heterocycles. The fourth-order valence-electron chi connectivity index (χ4n) is 7.67. The van der Waals surface area contributed by atoms with E-state index in [0.29, 0.717) is 23.5 Å². The molecule has 7 rings (SSSR count). The van der Waals surface area contributed by atoms with Crippen molar-refractivity contribution in [3.05, 3.63) is 47.0 Å². The van der Waals surface area contributed by atoms with Crippen LogP contribution in [-0.4, -0.2) is 57.1 Å². The van der Waals surface area contributed by atoms with Gasteiger partial charge in [-0.05, 0) is 74.6 Å². The van der Waals surface area contributed by atoms with Crippen molar-refractivity contribution in [2.24, 2.45) is 11.3 Å². The zero-order valence-electron chi connectivity index (χ0n) is 22.6. The predicted molar refractivity (Wildman–Crippen MR) is 149 cm³/mol. The van der Waals surface area contributed by atoms with E-state index in [1.54, 1.807) is 6.33 Å². The van der Waals surface area contributed by atoms with Crippen LogP contribution < -0.4 is 5.32 Å². The Labute approximate surface area is 223 Å². The normalized spacial score (nSPS) is 26.2. The zero-order valence-corrected chi connectivity index (χ0v) is 23.4. The number of pyridine rings is 2. The van der Waals surface area contributed by atoms with Gasteiger partial charge < -0.3 is 10.3 Å². The van der Waals surface area contributed by atoms with E-state index in [9.17, 15) is 8.42 Å². The van der Waals surface area contributed by atoms with E-state index in [1.165, 1.54) is 11.1 Å². The van der Waals surface area contributed by atoms with Crippen LogP contribution in [0.3, 0.4) is 0 Å². The number of hydrogen-bond acceptors (Lipinski definition) is 6. The molecule has 1 saturated carbocycles. The molecule has 0 unspecified atom stereocenters. The second kappa shape index (κ2) is 8.36. The Balaban J connectivity index is 1.21. The monoisotopic (exact) mass is 532 g/mol. The average molecular weight is 533 g/mol. The Morgan fingerprint density at radius 3 is 2.50 bits per heavy atom. The molecule has 2 N–H and O–H groups in total. The van der Waals surface area contributed by atoms with Crippen LogP contribution in [0.25, 0.3) is 27.9 Å². The van der Waals surface area contributed by atoms with Crippen molar-refractivity contribution in [1.82, 2.24) is 29.9 Å². The third-order valence-electron chi connectivity index (χ3n) is 9.73.